The van der Waals surface area contributed by atoms with Gasteiger partial charge in [-0.1, -0.05) is 12.8 Å². The number of aliphatic imine (C=N–C) groups is 1. The number of pyridine rings is 1. The van der Waals surface area contributed by atoms with E-state index in [1.54, 1.807) is 10.9 Å². The number of hydrogen-bond donors (Lipinski definition) is 2. The van der Waals surface area contributed by atoms with Crippen molar-refractivity contribution in [3.8, 4) is 5.82 Å². The van der Waals surface area contributed by atoms with Gasteiger partial charge < -0.3 is 15.4 Å². The van der Waals surface area contributed by atoms with Crippen LogP contribution < -0.4 is 10.6 Å². The fraction of sp³-hybridized carbons (Fsp3) is 0.591. The molecular weight excluding hydrogens is 491 g/mol. The molecule has 0 radical (unpaired) electrons. The maximum atomic E-state index is 5.64. The van der Waals surface area contributed by atoms with Gasteiger partial charge >= 0.3 is 0 Å². The maximum absolute atomic E-state index is 5.64. The van der Waals surface area contributed by atoms with Crippen LogP contribution in [-0.4, -0.2) is 47.0 Å². The highest BCUT2D eigenvalue weighted by Crippen LogP contribution is 2.40. The lowest BCUT2D eigenvalue weighted by Crippen LogP contribution is -2.43. The summed E-state index contributed by atoms with van der Waals surface area (Å²) in [4.78, 5) is 9.19. The van der Waals surface area contributed by atoms with Crippen LogP contribution in [0.2, 0.25) is 0 Å². The number of guanidine groups is 1. The molecule has 1 saturated carbocycles. The smallest absolute Gasteiger partial charge is 0.191 e. The Morgan fingerprint density at radius 3 is 2.77 bits per heavy atom. The van der Waals surface area contributed by atoms with Crippen molar-refractivity contribution in [1.29, 1.82) is 0 Å². The zero-order valence-corrected chi connectivity index (χ0v) is 20.5. The highest BCUT2D eigenvalue weighted by Gasteiger charge is 2.33. The molecule has 0 saturated heterocycles. The van der Waals surface area contributed by atoms with Crippen molar-refractivity contribution in [1.82, 2.24) is 25.4 Å². The molecule has 8 heteroatoms. The number of nitrogens with one attached hydrogen (secondary N) is 2. The molecule has 2 N–H and O–H groups in total. The molecule has 7 nitrogen and oxygen atoms in total. The molecule has 166 valence electrons. The second kappa shape index (κ2) is 12.9. The van der Waals surface area contributed by atoms with Gasteiger partial charge in [0.15, 0.2) is 11.8 Å². The molecule has 0 unspecified atom stereocenters. The Kier molecular flexibility index (Phi) is 10.6. The molecule has 0 aromatic carbocycles. The molecule has 0 spiro atoms. The fourth-order valence-electron chi connectivity index (χ4n) is 3.95. The average molecular weight is 526 g/mol. The van der Waals surface area contributed by atoms with E-state index in [0.29, 0.717) is 12.0 Å². The summed E-state index contributed by atoms with van der Waals surface area (Å²) in [6.45, 7) is 8.18. The van der Waals surface area contributed by atoms with E-state index in [-0.39, 0.29) is 24.0 Å². The number of aromatic nitrogens is 3. The first-order valence-corrected chi connectivity index (χ1v) is 10.8. The molecule has 3 rings (SSSR count). The molecule has 1 fully saturated rings. The van der Waals surface area contributed by atoms with E-state index in [2.05, 4.69) is 34.6 Å². The molecule has 0 atom stereocenters. The minimum Gasteiger partial charge on any atom is -0.382 e. The molecule has 1 aliphatic rings. The van der Waals surface area contributed by atoms with Gasteiger partial charge in [0.05, 0.1) is 6.54 Å². The van der Waals surface area contributed by atoms with E-state index >= 15 is 0 Å². The van der Waals surface area contributed by atoms with Crippen LogP contribution in [0.4, 0.5) is 0 Å². The van der Waals surface area contributed by atoms with Crippen LogP contribution in [-0.2, 0) is 11.3 Å². The van der Waals surface area contributed by atoms with Gasteiger partial charge in [-0.25, -0.2) is 14.7 Å². The second-order valence-electron chi connectivity index (χ2n) is 7.68. The highest BCUT2D eigenvalue weighted by molar-refractivity contribution is 14.0. The van der Waals surface area contributed by atoms with E-state index in [0.717, 1.165) is 50.1 Å². The Morgan fingerprint density at radius 2 is 2.07 bits per heavy atom. The van der Waals surface area contributed by atoms with Crippen molar-refractivity contribution in [2.24, 2.45) is 10.4 Å². The maximum Gasteiger partial charge on any atom is 0.191 e. The first-order chi connectivity index (χ1) is 14.2. The Bertz CT molecular complexity index is 759. The summed E-state index contributed by atoms with van der Waals surface area (Å²) in [6, 6.07) is 5.92. The molecule has 2 aromatic heterocycles. The zero-order chi connectivity index (χ0) is 20.4. The van der Waals surface area contributed by atoms with Gasteiger partial charge in [-0.15, -0.1) is 24.0 Å². The van der Waals surface area contributed by atoms with Crippen molar-refractivity contribution < 1.29 is 4.74 Å². The normalized spacial score (nSPS) is 15.6. The molecular formula is C22H35IN6O. The van der Waals surface area contributed by atoms with Gasteiger partial charge in [0, 0.05) is 44.9 Å². The third-order valence-electron chi connectivity index (χ3n) is 5.59. The molecule has 2 aromatic rings. The van der Waals surface area contributed by atoms with E-state index in [9.17, 15) is 0 Å². The van der Waals surface area contributed by atoms with Gasteiger partial charge in [0.25, 0.3) is 0 Å². The molecule has 30 heavy (non-hydrogen) atoms. The Balaban J connectivity index is 0.00000320. The van der Waals surface area contributed by atoms with Crippen molar-refractivity contribution in [3.63, 3.8) is 0 Å². The summed E-state index contributed by atoms with van der Waals surface area (Å²) in [5, 5.41) is 11.2. The molecule has 1 aliphatic carbocycles. The summed E-state index contributed by atoms with van der Waals surface area (Å²) >= 11 is 0. The predicted octanol–water partition coefficient (Wildman–Crippen LogP) is 3.93. The van der Waals surface area contributed by atoms with Crippen LogP contribution in [0.25, 0.3) is 5.82 Å². The SMILES string of the molecule is CCNC(=NCc1ccnc(-n2cccn2)c1)NCC1(CCOCC)CCCC1.I. The standard InChI is InChI=1S/C22H34N6O.HI/c1-3-23-21(26-18-22(9-5-6-10-22)11-15-29-4-2)25-17-19-8-13-24-20(16-19)28-14-7-12-27-28;/h7-8,12-14,16H,3-6,9-11,15,17-18H2,1-2H3,(H2,23,25,26);1H. The molecule has 0 aliphatic heterocycles. The summed E-state index contributed by atoms with van der Waals surface area (Å²) in [7, 11) is 0. The number of ether oxygens (including phenoxy) is 1. The van der Waals surface area contributed by atoms with Gasteiger partial charge in [-0.3, -0.25) is 0 Å². The third kappa shape index (κ3) is 7.23. The fourth-order valence-corrected chi connectivity index (χ4v) is 3.95. The van der Waals surface area contributed by atoms with Crippen molar-refractivity contribution in [2.75, 3.05) is 26.3 Å². The topological polar surface area (TPSA) is 76.4 Å². The largest absolute Gasteiger partial charge is 0.382 e. The minimum atomic E-state index is 0. The van der Waals surface area contributed by atoms with E-state index in [1.165, 1.54) is 25.7 Å². The van der Waals surface area contributed by atoms with Crippen LogP contribution in [0.3, 0.4) is 0 Å². The Hall–Kier alpha value is -1.68. The minimum absolute atomic E-state index is 0. The predicted molar refractivity (Wildman–Crippen MR) is 132 cm³/mol. The van der Waals surface area contributed by atoms with Crippen molar-refractivity contribution in [2.45, 2.75) is 52.5 Å². The number of hydrogen-bond acceptors (Lipinski definition) is 4. The van der Waals surface area contributed by atoms with Gasteiger partial charge in [0.1, 0.15) is 0 Å². The first kappa shape index (κ1) is 24.6. The first-order valence-electron chi connectivity index (χ1n) is 10.8. The molecule has 0 bridgehead atoms. The summed E-state index contributed by atoms with van der Waals surface area (Å²) in [5.41, 5.74) is 1.43. The van der Waals surface area contributed by atoms with Crippen molar-refractivity contribution >= 4 is 29.9 Å². The quantitative estimate of drug-likeness (QED) is 0.213. The Morgan fingerprint density at radius 1 is 1.23 bits per heavy atom. The molecule has 0 amide bonds. The van der Waals surface area contributed by atoms with Crippen LogP contribution in [0.15, 0.2) is 41.8 Å². The average Bonchev–Trinajstić information content (AvgIpc) is 3.43. The monoisotopic (exact) mass is 526 g/mol. The van der Waals surface area contributed by atoms with E-state index in [4.69, 9.17) is 9.73 Å². The number of rotatable bonds is 10. The lowest BCUT2D eigenvalue weighted by atomic mass is 9.83. The van der Waals surface area contributed by atoms with Crippen LogP contribution in [0, 0.1) is 5.41 Å². The summed E-state index contributed by atoms with van der Waals surface area (Å²) in [5.74, 6) is 1.68. The van der Waals surface area contributed by atoms with Gasteiger partial charge in [0.2, 0.25) is 0 Å². The zero-order valence-electron chi connectivity index (χ0n) is 18.1. The lowest BCUT2D eigenvalue weighted by Gasteiger charge is -2.30. The van der Waals surface area contributed by atoms with Crippen LogP contribution in [0.5, 0.6) is 0 Å². The van der Waals surface area contributed by atoms with Gasteiger partial charge in [-0.2, -0.15) is 5.10 Å². The van der Waals surface area contributed by atoms with E-state index in [1.807, 2.05) is 30.6 Å². The van der Waals surface area contributed by atoms with Crippen LogP contribution >= 0.6 is 24.0 Å². The molecule has 2 heterocycles. The summed E-state index contributed by atoms with van der Waals surface area (Å²) < 4.78 is 7.40. The lowest BCUT2D eigenvalue weighted by molar-refractivity contribution is 0.105. The Labute approximate surface area is 197 Å². The van der Waals surface area contributed by atoms with Crippen LogP contribution in [0.1, 0.15) is 51.5 Å². The summed E-state index contributed by atoms with van der Waals surface area (Å²) in [6.07, 6.45) is 11.7. The number of nitrogens with zero attached hydrogens (tertiary/aromatic N) is 4. The highest BCUT2D eigenvalue weighted by atomic mass is 127. The third-order valence-corrected chi connectivity index (χ3v) is 5.59. The van der Waals surface area contributed by atoms with E-state index < -0.39 is 0 Å². The number of halogens is 1. The van der Waals surface area contributed by atoms with Gasteiger partial charge in [-0.05, 0) is 62.3 Å². The second-order valence-corrected chi connectivity index (χ2v) is 7.68. The van der Waals surface area contributed by atoms with Crippen molar-refractivity contribution in [3.05, 3.63) is 42.4 Å².